The Morgan fingerprint density at radius 1 is 1.31 bits per heavy atom. The number of nitrogens with zero attached hydrogens (tertiary/aromatic N) is 2. The number of nitrogens with one attached hydrogen (secondary N) is 1. The number of amides is 1. The molecule has 0 bridgehead atoms. The third-order valence-electron chi connectivity index (χ3n) is 5.45. The number of piperazine rings is 1. The van der Waals surface area contributed by atoms with Crippen LogP contribution >= 0.6 is 24.8 Å². The molecule has 6 nitrogen and oxygen atoms in total. The Bertz CT molecular complexity index is 865. The van der Waals surface area contributed by atoms with Gasteiger partial charge in [0.2, 0.25) is 5.91 Å². The standard InChI is InChI=1S/C19H28FN3O3S.2ClH/c1-5-27(25,26)17-9-16-14(8-15(17)20)19(3,4)12-23(16)18(24)11-22-7-6-21-13(2)10-22;;/h8-9,13,21H,5-7,10-12H2,1-4H3;2*1H/t13-;;/m1../s1. The molecule has 10 heteroatoms. The van der Waals surface area contributed by atoms with Gasteiger partial charge in [-0.05, 0) is 24.6 Å². The Labute approximate surface area is 184 Å². The molecular formula is C19H30Cl2FN3O3S. The molecule has 1 aromatic rings. The van der Waals surface area contributed by atoms with Gasteiger partial charge >= 0.3 is 0 Å². The summed E-state index contributed by atoms with van der Waals surface area (Å²) in [5.74, 6) is -1.00. The number of hydrogen-bond donors (Lipinski definition) is 1. The highest BCUT2D eigenvalue weighted by molar-refractivity contribution is 7.91. The van der Waals surface area contributed by atoms with Crippen LogP contribution in [0.25, 0.3) is 0 Å². The molecule has 29 heavy (non-hydrogen) atoms. The van der Waals surface area contributed by atoms with Gasteiger partial charge in [-0.2, -0.15) is 0 Å². The molecule has 0 aromatic heterocycles. The summed E-state index contributed by atoms with van der Waals surface area (Å²) in [6.45, 7) is 10.6. The second-order valence-electron chi connectivity index (χ2n) is 8.16. The lowest BCUT2D eigenvalue weighted by molar-refractivity contribution is -0.120. The first-order chi connectivity index (χ1) is 12.5. The predicted molar refractivity (Wildman–Crippen MR) is 118 cm³/mol. The van der Waals surface area contributed by atoms with E-state index in [0.717, 1.165) is 19.6 Å². The molecule has 2 heterocycles. The Kier molecular flexibility index (Phi) is 8.53. The van der Waals surface area contributed by atoms with Gasteiger partial charge in [-0.1, -0.05) is 20.8 Å². The van der Waals surface area contributed by atoms with Crippen molar-refractivity contribution >= 4 is 46.2 Å². The van der Waals surface area contributed by atoms with Crippen LogP contribution in [-0.4, -0.2) is 63.7 Å². The highest BCUT2D eigenvalue weighted by Gasteiger charge is 2.40. The van der Waals surface area contributed by atoms with Crippen molar-refractivity contribution in [3.05, 3.63) is 23.5 Å². The summed E-state index contributed by atoms with van der Waals surface area (Å²) < 4.78 is 39.0. The summed E-state index contributed by atoms with van der Waals surface area (Å²) in [6, 6.07) is 2.96. The van der Waals surface area contributed by atoms with Crippen molar-refractivity contribution in [1.29, 1.82) is 0 Å². The maximum Gasteiger partial charge on any atom is 0.241 e. The van der Waals surface area contributed by atoms with Crippen molar-refractivity contribution in [2.45, 2.75) is 44.0 Å². The lowest BCUT2D eigenvalue weighted by atomic mass is 9.87. The molecule has 0 aliphatic carbocycles. The van der Waals surface area contributed by atoms with Crippen molar-refractivity contribution in [3.63, 3.8) is 0 Å². The van der Waals surface area contributed by atoms with Crippen LogP contribution in [0, 0.1) is 5.82 Å². The van der Waals surface area contributed by atoms with Crippen molar-refractivity contribution in [1.82, 2.24) is 10.2 Å². The molecule has 0 spiro atoms. The molecule has 2 aliphatic heterocycles. The van der Waals surface area contributed by atoms with Gasteiger partial charge < -0.3 is 10.2 Å². The first kappa shape index (κ1) is 26.1. The van der Waals surface area contributed by atoms with E-state index in [0.29, 0.717) is 23.8 Å². The average Bonchev–Trinajstić information content (AvgIpc) is 2.85. The highest BCUT2D eigenvalue weighted by atomic mass is 35.5. The molecule has 0 unspecified atom stereocenters. The molecule has 1 aromatic carbocycles. The summed E-state index contributed by atoms with van der Waals surface area (Å²) in [7, 11) is -3.70. The Hall–Kier alpha value is -0.930. The minimum atomic E-state index is -3.70. The number of benzene rings is 1. The monoisotopic (exact) mass is 469 g/mol. The molecule has 0 radical (unpaired) electrons. The fourth-order valence-corrected chi connectivity index (χ4v) is 4.88. The topological polar surface area (TPSA) is 69.7 Å². The van der Waals surface area contributed by atoms with Crippen LogP contribution in [-0.2, 0) is 20.0 Å². The van der Waals surface area contributed by atoms with E-state index >= 15 is 0 Å². The Morgan fingerprint density at radius 2 is 1.97 bits per heavy atom. The quantitative estimate of drug-likeness (QED) is 0.732. The lowest BCUT2D eigenvalue weighted by Gasteiger charge is -2.32. The van der Waals surface area contributed by atoms with Crippen molar-refractivity contribution < 1.29 is 17.6 Å². The minimum Gasteiger partial charge on any atom is -0.312 e. The minimum absolute atomic E-state index is 0. The summed E-state index contributed by atoms with van der Waals surface area (Å²) in [6.07, 6.45) is 0. The zero-order valence-electron chi connectivity index (χ0n) is 17.2. The molecule has 2 aliphatic rings. The molecular weight excluding hydrogens is 440 g/mol. The zero-order chi connectivity index (χ0) is 20.0. The van der Waals surface area contributed by atoms with E-state index in [2.05, 4.69) is 17.1 Å². The van der Waals surface area contributed by atoms with Crippen LogP contribution in [0.5, 0.6) is 0 Å². The second kappa shape index (κ2) is 9.47. The average molecular weight is 470 g/mol. The van der Waals surface area contributed by atoms with Gasteiger partial charge in [0.1, 0.15) is 10.7 Å². The molecule has 3 rings (SSSR count). The number of carbonyl (C=O) groups excluding carboxylic acids is 1. The van der Waals surface area contributed by atoms with E-state index in [4.69, 9.17) is 0 Å². The molecule has 1 fully saturated rings. The lowest BCUT2D eigenvalue weighted by Crippen LogP contribution is -2.52. The van der Waals surface area contributed by atoms with E-state index in [9.17, 15) is 17.6 Å². The van der Waals surface area contributed by atoms with Gasteiger partial charge in [-0.15, -0.1) is 24.8 Å². The number of anilines is 1. The Balaban J connectivity index is 0.00000210. The van der Waals surface area contributed by atoms with E-state index in [1.54, 1.807) is 4.90 Å². The fraction of sp³-hybridized carbons (Fsp3) is 0.632. The second-order valence-corrected chi connectivity index (χ2v) is 10.4. The van der Waals surface area contributed by atoms with Crippen molar-refractivity contribution in [2.24, 2.45) is 0 Å². The summed E-state index contributed by atoms with van der Waals surface area (Å²) in [5.41, 5.74) is 0.760. The third-order valence-corrected chi connectivity index (χ3v) is 7.19. The van der Waals surface area contributed by atoms with E-state index in [-0.39, 0.29) is 47.9 Å². The SMILES string of the molecule is CCS(=O)(=O)c1cc2c(cc1F)C(C)(C)CN2C(=O)CN1CCN[C@H](C)C1.Cl.Cl. The zero-order valence-corrected chi connectivity index (χ0v) is 19.6. The number of halogens is 3. The molecule has 1 N–H and O–H groups in total. The van der Waals surface area contributed by atoms with Gasteiger partial charge in [-0.3, -0.25) is 9.69 Å². The number of hydrogen-bond acceptors (Lipinski definition) is 5. The predicted octanol–water partition coefficient (Wildman–Crippen LogP) is 2.38. The summed E-state index contributed by atoms with van der Waals surface area (Å²) >= 11 is 0. The number of fused-ring (bicyclic) bond motifs is 1. The van der Waals surface area contributed by atoms with Crippen LogP contribution in [0.3, 0.4) is 0 Å². The van der Waals surface area contributed by atoms with Gasteiger partial charge in [0.25, 0.3) is 0 Å². The van der Waals surface area contributed by atoms with Crippen LogP contribution in [0.2, 0.25) is 0 Å². The van der Waals surface area contributed by atoms with Gasteiger partial charge in [0, 0.05) is 43.3 Å². The summed E-state index contributed by atoms with van der Waals surface area (Å²) in [4.78, 5) is 16.4. The smallest absolute Gasteiger partial charge is 0.241 e. The molecule has 166 valence electrons. The first-order valence-electron chi connectivity index (χ1n) is 9.38. The molecule has 1 atom stereocenters. The van der Waals surface area contributed by atoms with Crippen LogP contribution < -0.4 is 10.2 Å². The highest BCUT2D eigenvalue weighted by Crippen LogP contribution is 2.42. The van der Waals surface area contributed by atoms with Crippen molar-refractivity contribution in [3.8, 4) is 0 Å². The van der Waals surface area contributed by atoms with E-state index in [1.165, 1.54) is 19.1 Å². The maximum atomic E-state index is 14.5. The molecule has 0 saturated carbocycles. The van der Waals surface area contributed by atoms with Gasteiger partial charge in [0.15, 0.2) is 9.84 Å². The van der Waals surface area contributed by atoms with Crippen LogP contribution in [0.1, 0.15) is 33.3 Å². The third kappa shape index (κ3) is 5.22. The Morgan fingerprint density at radius 3 is 2.55 bits per heavy atom. The van der Waals surface area contributed by atoms with E-state index in [1.807, 2.05) is 13.8 Å². The number of rotatable bonds is 4. The van der Waals surface area contributed by atoms with Gasteiger partial charge in [0.05, 0.1) is 12.3 Å². The normalized spacial score (nSPS) is 21.1. The first-order valence-corrected chi connectivity index (χ1v) is 11.0. The summed E-state index contributed by atoms with van der Waals surface area (Å²) in [5, 5.41) is 3.35. The maximum absolute atomic E-state index is 14.5. The fourth-order valence-electron chi connectivity index (χ4n) is 3.92. The number of carbonyl (C=O) groups is 1. The molecule has 1 amide bonds. The van der Waals surface area contributed by atoms with Crippen LogP contribution in [0.4, 0.5) is 10.1 Å². The largest absolute Gasteiger partial charge is 0.312 e. The van der Waals surface area contributed by atoms with E-state index < -0.39 is 21.1 Å². The van der Waals surface area contributed by atoms with Crippen LogP contribution in [0.15, 0.2) is 17.0 Å². The number of sulfone groups is 1. The van der Waals surface area contributed by atoms with Gasteiger partial charge in [-0.25, -0.2) is 12.8 Å². The molecule has 1 saturated heterocycles. The van der Waals surface area contributed by atoms with Crippen molar-refractivity contribution in [2.75, 3.05) is 43.4 Å².